The first-order valence-corrected chi connectivity index (χ1v) is 8.46. The maximum absolute atomic E-state index is 12.4. The summed E-state index contributed by atoms with van der Waals surface area (Å²) in [4.78, 5) is 15.4. The predicted octanol–water partition coefficient (Wildman–Crippen LogP) is 3.03. The summed E-state index contributed by atoms with van der Waals surface area (Å²) in [6.45, 7) is 4.89. The van der Waals surface area contributed by atoms with Gasteiger partial charge >= 0.3 is 0 Å². The Morgan fingerprint density at radius 2 is 2.30 bits per heavy atom. The molecule has 20 heavy (non-hydrogen) atoms. The molecule has 1 saturated heterocycles. The highest BCUT2D eigenvalue weighted by Crippen LogP contribution is 2.27. The monoisotopic (exact) mass is 312 g/mol. The lowest BCUT2D eigenvalue weighted by atomic mass is 10.2. The fourth-order valence-corrected chi connectivity index (χ4v) is 3.57. The number of rotatable bonds is 6. The van der Waals surface area contributed by atoms with E-state index < -0.39 is 0 Å². The van der Waals surface area contributed by atoms with Crippen LogP contribution in [0.5, 0.6) is 0 Å². The summed E-state index contributed by atoms with van der Waals surface area (Å²) in [6, 6.07) is 8.03. The van der Waals surface area contributed by atoms with E-state index in [4.69, 9.17) is 11.6 Å². The van der Waals surface area contributed by atoms with Gasteiger partial charge in [-0.3, -0.25) is 4.79 Å². The highest BCUT2D eigenvalue weighted by Gasteiger charge is 2.25. The Morgan fingerprint density at radius 1 is 1.50 bits per heavy atom. The number of benzene rings is 1. The lowest BCUT2D eigenvalue weighted by molar-refractivity contribution is -0.130. The number of nitrogens with zero attached hydrogens (tertiary/aromatic N) is 1. The second-order valence-corrected chi connectivity index (χ2v) is 6.38. The molecule has 1 aliphatic heterocycles. The van der Waals surface area contributed by atoms with E-state index in [1.807, 2.05) is 29.2 Å². The average molecular weight is 313 g/mol. The van der Waals surface area contributed by atoms with Crippen molar-refractivity contribution in [2.75, 3.05) is 25.4 Å². The van der Waals surface area contributed by atoms with Gasteiger partial charge in [-0.25, -0.2) is 0 Å². The number of thioether (sulfide) groups is 1. The zero-order chi connectivity index (χ0) is 14.4. The number of amides is 1. The molecule has 1 aliphatic rings. The van der Waals surface area contributed by atoms with Crippen LogP contribution in [0, 0.1) is 0 Å². The molecule has 110 valence electrons. The highest BCUT2D eigenvalue weighted by molar-refractivity contribution is 8.00. The van der Waals surface area contributed by atoms with Gasteiger partial charge in [0.15, 0.2) is 0 Å². The van der Waals surface area contributed by atoms with Crippen LogP contribution in [0.4, 0.5) is 0 Å². The minimum absolute atomic E-state index is 0.213. The van der Waals surface area contributed by atoms with Gasteiger partial charge < -0.3 is 10.2 Å². The first-order valence-electron chi connectivity index (χ1n) is 7.10. The Kier molecular flexibility index (Phi) is 6.20. The van der Waals surface area contributed by atoms with Gasteiger partial charge in [-0.1, -0.05) is 30.7 Å². The van der Waals surface area contributed by atoms with Gasteiger partial charge in [0.25, 0.3) is 0 Å². The predicted molar refractivity (Wildman–Crippen MR) is 85.5 cm³/mol. The Balaban J connectivity index is 1.93. The summed E-state index contributed by atoms with van der Waals surface area (Å²) in [5, 5.41) is 4.04. The first kappa shape index (κ1) is 15.7. The highest BCUT2D eigenvalue weighted by atomic mass is 35.5. The zero-order valence-corrected chi connectivity index (χ0v) is 13.3. The minimum Gasteiger partial charge on any atom is -0.338 e. The number of hydrogen-bond acceptors (Lipinski definition) is 3. The van der Waals surface area contributed by atoms with E-state index in [-0.39, 0.29) is 5.91 Å². The van der Waals surface area contributed by atoms with Gasteiger partial charge in [-0.05, 0) is 31.5 Å². The molecule has 5 heteroatoms. The molecule has 3 nitrogen and oxygen atoms in total. The molecule has 0 aromatic heterocycles. The molecule has 1 N–H and O–H groups in total. The van der Waals surface area contributed by atoms with Crippen LogP contribution < -0.4 is 5.32 Å². The van der Waals surface area contributed by atoms with Gasteiger partial charge in [0.05, 0.1) is 10.8 Å². The van der Waals surface area contributed by atoms with E-state index in [1.165, 1.54) is 11.8 Å². The molecule has 1 atom stereocenters. The lowest BCUT2D eigenvalue weighted by Gasteiger charge is -2.28. The third kappa shape index (κ3) is 4.14. The Morgan fingerprint density at radius 3 is 2.95 bits per heavy atom. The van der Waals surface area contributed by atoms with Gasteiger partial charge in [0, 0.05) is 24.0 Å². The lowest BCUT2D eigenvalue weighted by Crippen LogP contribution is -2.43. The van der Waals surface area contributed by atoms with Gasteiger partial charge in [-0.2, -0.15) is 0 Å². The van der Waals surface area contributed by atoms with Crippen molar-refractivity contribution in [1.29, 1.82) is 0 Å². The van der Waals surface area contributed by atoms with E-state index in [1.54, 1.807) is 0 Å². The zero-order valence-electron chi connectivity index (χ0n) is 11.8. The molecule has 1 heterocycles. The molecule has 0 radical (unpaired) electrons. The molecule has 2 rings (SSSR count). The maximum Gasteiger partial charge on any atom is 0.233 e. The molecule has 0 bridgehead atoms. The van der Waals surface area contributed by atoms with Crippen LogP contribution in [0.1, 0.15) is 19.8 Å². The topological polar surface area (TPSA) is 32.3 Å². The third-order valence-corrected chi connectivity index (χ3v) is 4.95. The normalized spacial score (nSPS) is 18.2. The molecule has 0 saturated carbocycles. The fraction of sp³-hybridized carbons (Fsp3) is 0.533. The van der Waals surface area contributed by atoms with Crippen molar-refractivity contribution in [3.63, 3.8) is 0 Å². The summed E-state index contributed by atoms with van der Waals surface area (Å²) in [5.41, 5.74) is 0. The van der Waals surface area contributed by atoms with Crippen molar-refractivity contribution in [1.82, 2.24) is 10.2 Å². The Labute approximate surface area is 130 Å². The fourth-order valence-electron chi connectivity index (χ4n) is 2.44. The summed E-state index contributed by atoms with van der Waals surface area (Å²) in [6.07, 6.45) is 2.06. The number of carbonyl (C=O) groups excluding carboxylic acids is 1. The van der Waals surface area contributed by atoms with E-state index in [0.717, 1.165) is 42.4 Å². The number of hydrogen-bond donors (Lipinski definition) is 1. The van der Waals surface area contributed by atoms with Crippen LogP contribution in [0.2, 0.25) is 5.02 Å². The summed E-state index contributed by atoms with van der Waals surface area (Å²) in [7, 11) is 0. The van der Waals surface area contributed by atoms with E-state index in [9.17, 15) is 4.79 Å². The van der Waals surface area contributed by atoms with Crippen molar-refractivity contribution >= 4 is 29.3 Å². The van der Waals surface area contributed by atoms with Crippen LogP contribution in [0.3, 0.4) is 0 Å². The molecule has 1 aromatic rings. The molecule has 1 unspecified atom stereocenters. The van der Waals surface area contributed by atoms with Crippen LogP contribution in [-0.4, -0.2) is 42.2 Å². The Hall–Kier alpha value is -0.710. The van der Waals surface area contributed by atoms with Crippen molar-refractivity contribution in [2.24, 2.45) is 0 Å². The maximum atomic E-state index is 12.4. The number of nitrogens with one attached hydrogen (secondary N) is 1. The Bertz CT molecular complexity index is 449. The number of carbonyl (C=O) groups is 1. The minimum atomic E-state index is 0.213. The summed E-state index contributed by atoms with van der Waals surface area (Å²) < 4.78 is 0. The molecular formula is C15H21ClN2OS. The second kappa shape index (κ2) is 7.91. The van der Waals surface area contributed by atoms with Crippen LogP contribution >= 0.6 is 23.4 Å². The summed E-state index contributed by atoms with van der Waals surface area (Å²) >= 11 is 7.64. The molecular weight excluding hydrogens is 292 g/mol. The SMILES string of the molecule is CCCN(C(=O)CSc1ccccc1Cl)C1CCNC1. The van der Waals surface area contributed by atoms with Crippen LogP contribution in [-0.2, 0) is 4.79 Å². The third-order valence-electron chi connectivity index (χ3n) is 3.45. The first-order chi connectivity index (χ1) is 9.72. The van der Waals surface area contributed by atoms with E-state index >= 15 is 0 Å². The quantitative estimate of drug-likeness (QED) is 0.820. The van der Waals surface area contributed by atoms with Gasteiger partial charge in [0.1, 0.15) is 0 Å². The van der Waals surface area contributed by atoms with Crippen molar-refractivity contribution < 1.29 is 4.79 Å². The van der Waals surface area contributed by atoms with E-state index in [2.05, 4.69) is 12.2 Å². The van der Waals surface area contributed by atoms with Crippen molar-refractivity contribution in [2.45, 2.75) is 30.7 Å². The van der Waals surface area contributed by atoms with Gasteiger partial charge in [-0.15, -0.1) is 11.8 Å². The molecule has 1 aromatic carbocycles. The van der Waals surface area contributed by atoms with Crippen molar-refractivity contribution in [3.8, 4) is 0 Å². The van der Waals surface area contributed by atoms with Crippen LogP contribution in [0.15, 0.2) is 29.2 Å². The standard InChI is InChI=1S/C15H21ClN2OS/c1-2-9-18(12-7-8-17-10-12)15(19)11-20-14-6-4-3-5-13(14)16/h3-6,12,17H,2,7-11H2,1H3. The summed E-state index contributed by atoms with van der Waals surface area (Å²) in [5.74, 6) is 0.672. The second-order valence-electron chi connectivity index (χ2n) is 4.95. The van der Waals surface area contributed by atoms with Gasteiger partial charge in [0.2, 0.25) is 5.91 Å². The molecule has 0 aliphatic carbocycles. The largest absolute Gasteiger partial charge is 0.338 e. The van der Waals surface area contributed by atoms with E-state index in [0.29, 0.717) is 11.8 Å². The van der Waals surface area contributed by atoms with Crippen LogP contribution in [0.25, 0.3) is 0 Å². The number of halogens is 1. The molecule has 0 spiro atoms. The molecule has 1 fully saturated rings. The average Bonchev–Trinajstić information content (AvgIpc) is 2.97. The van der Waals surface area contributed by atoms with Crippen molar-refractivity contribution in [3.05, 3.63) is 29.3 Å². The molecule has 1 amide bonds. The smallest absolute Gasteiger partial charge is 0.233 e.